The Hall–Kier alpha value is -0.900. The number of nitrogens with zero attached hydrogens (tertiary/aromatic N) is 2. The molecule has 15 heavy (non-hydrogen) atoms. The van der Waals surface area contributed by atoms with Gasteiger partial charge in [0.1, 0.15) is 5.01 Å². The minimum absolute atomic E-state index is 0.948. The number of nitrogens with one attached hydrogen (secondary N) is 1. The third-order valence-corrected chi connectivity index (χ3v) is 3.43. The van der Waals surface area contributed by atoms with Crippen molar-refractivity contribution in [3.05, 3.63) is 16.7 Å². The summed E-state index contributed by atoms with van der Waals surface area (Å²) in [5, 5.41) is 13.3. The Balaban J connectivity index is 1.72. The van der Waals surface area contributed by atoms with E-state index in [1.807, 2.05) is 6.92 Å². The van der Waals surface area contributed by atoms with E-state index in [0.29, 0.717) is 0 Å². The van der Waals surface area contributed by atoms with Gasteiger partial charge in [-0.1, -0.05) is 23.0 Å². The molecular weight excluding hydrogens is 206 g/mol. The zero-order chi connectivity index (χ0) is 10.5. The second-order valence-corrected chi connectivity index (χ2v) is 5.09. The van der Waals surface area contributed by atoms with E-state index in [1.165, 1.54) is 25.7 Å². The van der Waals surface area contributed by atoms with Crippen LogP contribution in [0.3, 0.4) is 0 Å². The van der Waals surface area contributed by atoms with Crippen LogP contribution in [0.15, 0.2) is 11.6 Å². The van der Waals surface area contributed by atoms with Crippen molar-refractivity contribution < 1.29 is 0 Å². The zero-order valence-corrected chi connectivity index (χ0v) is 9.94. The lowest BCUT2D eigenvalue weighted by molar-refractivity contribution is 0.679. The van der Waals surface area contributed by atoms with Crippen molar-refractivity contribution in [2.75, 3.05) is 11.9 Å². The lowest BCUT2D eigenvalue weighted by Gasteiger charge is -2.12. The van der Waals surface area contributed by atoms with Gasteiger partial charge < -0.3 is 5.32 Å². The summed E-state index contributed by atoms with van der Waals surface area (Å²) in [5.41, 5.74) is 1.61. The van der Waals surface area contributed by atoms with Crippen LogP contribution in [0.4, 0.5) is 5.13 Å². The Morgan fingerprint density at radius 3 is 3.00 bits per heavy atom. The minimum atomic E-state index is 0.948. The first-order valence-corrected chi connectivity index (χ1v) is 6.38. The van der Waals surface area contributed by atoms with Gasteiger partial charge in [-0.3, -0.25) is 0 Å². The number of allylic oxidation sites excluding steroid dienone is 1. The van der Waals surface area contributed by atoms with Crippen LogP contribution < -0.4 is 5.32 Å². The van der Waals surface area contributed by atoms with Gasteiger partial charge in [-0.05, 0) is 39.0 Å². The highest BCUT2D eigenvalue weighted by Crippen LogP contribution is 2.20. The van der Waals surface area contributed by atoms with Crippen LogP contribution in [0.1, 0.15) is 37.1 Å². The number of aromatic nitrogens is 2. The van der Waals surface area contributed by atoms with Crippen molar-refractivity contribution in [1.29, 1.82) is 0 Å². The SMILES string of the molecule is Cc1nnc(NCCC2=CCCCC2)s1. The van der Waals surface area contributed by atoms with E-state index in [-0.39, 0.29) is 0 Å². The summed E-state index contributed by atoms with van der Waals surface area (Å²) in [6, 6.07) is 0. The molecule has 4 heteroatoms. The molecule has 0 saturated carbocycles. The molecule has 82 valence electrons. The first-order chi connectivity index (χ1) is 7.34. The lowest BCUT2D eigenvalue weighted by Crippen LogP contribution is -2.04. The van der Waals surface area contributed by atoms with Crippen molar-refractivity contribution in [1.82, 2.24) is 10.2 Å². The van der Waals surface area contributed by atoms with E-state index in [2.05, 4.69) is 21.6 Å². The lowest BCUT2D eigenvalue weighted by atomic mass is 9.97. The van der Waals surface area contributed by atoms with Gasteiger partial charge in [0, 0.05) is 6.54 Å². The Morgan fingerprint density at radius 2 is 2.33 bits per heavy atom. The summed E-state index contributed by atoms with van der Waals surface area (Å²) in [6.07, 6.45) is 8.84. The fraction of sp³-hybridized carbons (Fsp3) is 0.636. The highest BCUT2D eigenvalue weighted by atomic mass is 32.1. The second kappa shape index (κ2) is 5.26. The van der Waals surface area contributed by atoms with Crippen LogP contribution in [0.2, 0.25) is 0 Å². The highest BCUT2D eigenvalue weighted by Gasteiger charge is 2.04. The molecule has 1 aliphatic carbocycles. The fourth-order valence-electron chi connectivity index (χ4n) is 1.83. The van der Waals surface area contributed by atoms with Gasteiger partial charge in [0.05, 0.1) is 0 Å². The van der Waals surface area contributed by atoms with Gasteiger partial charge in [0.2, 0.25) is 5.13 Å². The topological polar surface area (TPSA) is 37.8 Å². The zero-order valence-electron chi connectivity index (χ0n) is 9.12. The molecule has 0 aliphatic heterocycles. The second-order valence-electron chi connectivity index (χ2n) is 3.91. The first kappa shape index (κ1) is 10.6. The summed E-state index contributed by atoms with van der Waals surface area (Å²) >= 11 is 1.62. The molecule has 2 rings (SSSR count). The van der Waals surface area contributed by atoms with Crippen molar-refractivity contribution in [3.63, 3.8) is 0 Å². The Morgan fingerprint density at radius 1 is 1.40 bits per heavy atom. The summed E-state index contributed by atoms with van der Waals surface area (Å²) in [6.45, 7) is 2.97. The van der Waals surface area contributed by atoms with E-state index >= 15 is 0 Å². The van der Waals surface area contributed by atoms with Gasteiger partial charge in [-0.2, -0.15) is 0 Å². The van der Waals surface area contributed by atoms with Crippen LogP contribution in [0.5, 0.6) is 0 Å². The van der Waals surface area contributed by atoms with Crippen LogP contribution >= 0.6 is 11.3 Å². The number of hydrogen-bond acceptors (Lipinski definition) is 4. The van der Waals surface area contributed by atoms with E-state index in [0.717, 1.165) is 23.1 Å². The molecule has 1 N–H and O–H groups in total. The van der Waals surface area contributed by atoms with Crippen molar-refractivity contribution in [2.45, 2.75) is 39.0 Å². The highest BCUT2D eigenvalue weighted by molar-refractivity contribution is 7.15. The fourth-order valence-corrected chi connectivity index (χ4v) is 2.45. The van der Waals surface area contributed by atoms with E-state index < -0.39 is 0 Å². The van der Waals surface area contributed by atoms with Gasteiger partial charge in [-0.25, -0.2) is 0 Å². The molecule has 1 heterocycles. The van der Waals surface area contributed by atoms with Crippen LogP contribution in [-0.4, -0.2) is 16.7 Å². The van der Waals surface area contributed by atoms with Crippen LogP contribution in [0, 0.1) is 6.92 Å². The van der Waals surface area contributed by atoms with Gasteiger partial charge >= 0.3 is 0 Å². The average Bonchev–Trinajstić information content (AvgIpc) is 2.66. The maximum atomic E-state index is 4.04. The molecule has 3 nitrogen and oxygen atoms in total. The smallest absolute Gasteiger partial charge is 0.205 e. The van der Waals surface area contributed by atoms with Gasteiger partial charge in [0.15, 0.2) is 0 Å². The molecule has 0 radical (unpaired) electrons. The molecule has 1 aromatic heterocycles. The van der Waals surface area contributed by atoms with Crippen LogP contribution in [0.25, 0.3) is 0 Å². The summed E-state index contributed by atoms with van der Waals surface area (Å²) in [7, 11) is 0. The van der Waals surface area contributed by atoms with Gasteiger partial charge in [0.25, 0.3) is 0 Å². The van der Waals surface area contributed by atoms with E-state index in [1.54, 1.807) is 16.9 Å². The third-order valence-electron chi connectivity index (χ3n) is 2.63. The molecule has 0 fully saturated rings. The standard InChI is InChI=1S/C11H17N3S/c1-9-13-14-11(15-9)12-8-7-10-5-3-2-4-6-10/h5H,2-4,6-8H2,1H3,(H,12,14). The minimum Gasteiger partial charge on any atom is -0.360 e. The molecule has 0 spiro atoms. The number of aryl methyl sites for hydroxylation is 1. The summed E-state index contributed by atoms with van der Waals surface area (Å²) in [4.78, 5) is 0. The number of hydrogen-bond donors (Lipinski definition) is 1. The molecule has 0 atom stereocenters. The third kappa shape index (κ3) is 3.30. The van der Waals surface area contributed by atoms with Crippen molar-refractivity contribution in [3.8, 4) is 0 Å². The van der Waals surface area contributed by atoms with Crippen molar-refractivity contribution in [2.24, 2.45) is 0 Å². The predicted molar refractivity (Wildman–Crippen MR) is 64.3 cm³/mol. The molecule has 0 aromatic carbocycles. The molecular formula is C11H17N3S. The maximum absolute atomic E-state index is 4.04. The Labute approximate surface area is 94.6 Å². The maximum Gasteiger partial charge on any atom is 0.205 e. The largest absolute Gasteiger partial charge is 0.360 e. The molecule has 1 aromatic rings. The Bertz CT molecular complexity index is 343. The summed E-state index contributed by atoms with van der Waals surface area (Å²) in [5.74, 6) is 0. The molecule has 0 saturated heterocycles. The molecule has 0 amide bonds. The van der Waals surface area contributed by atoms with E-state index in [4.69, 9.17) is 0 Å². The molecule has 0 unspecified atom stereocenters. The predicted octanol–water partition coefficient (Wildman–Crippen LogP) is 3.15. The first-order valence-electron chi connectivity index (χ1n) is 5.56. The molecule has 0 bridgehead atoms. The average molecular weight is 223 g/mol. The number of anilines is 1. The molecule has 1 aliphatic rings. The van der Waals surface area contributed by atoms with Gasteiger partial charge in [-0.15, -0.1) is 10.2 Å². The quantitative estimate of drug-likeness (QED) is 0.797. The van der Waals surface area contributed by atoms with E-state index in [9.17, 15) is 0 Å². The normalized spacial score (nSPS) is 16.2. The number of rotatable bonds is 4. The summed E-state index contributed by atoms with van der Waals surface area (Å²) < 4.78 is 0. The van der Waals surface area contributed by atoms with Crippen LogP contribution in [-0.2, 0) is 0 Å². The van der Waals surface area contributed by atoms with Crippen molar-refractivity contribution >= 4 is 16.5 Å². The monoisotopic (exact) mass is 223 g/mol. The Kier molecular flexibility index (Phi) is 3.72.